The van der Waals surface area contributed by atoms with Gasteiger partial charge in [-0.05, 0) is 67.0 Å². The molecule has 0 saturated heterocycles. The summed E-state index contributed by atoms with van der Waals surface area (Å²) >= 11 is 8.24. The van der Waals surface area contributed by atoms with Crippen molar-refractivity contribution in [1.29, 1.82) is 0 Å². The topological polar surface area (TPSA) is 88.3 Å². The van der Waals surface area contributed by atoms with Crippen LogP contribution in [0, 0.1) is 0 Å². The summed E-state index contributed by atoms with van der Waals surface area (Å²) in [6.45, 7) is 5.30. The predicted molar refractivity (Wildman–Crippen MR) is 153 cm³/mol. The van der Waals surface area contributed by atoms with Crippen LogP contribution in [0.25, 0.3) is 6.08 Å². The van der Waals surface area contributed by atoms with Crippen molar-refractivity contribution >= 4 is 55.2 Å². The average molecular weight is 666 g/mol. The third-order valence-corrected chi connectivity index (χ3v) is 7.96. The van der Waals surface area contributed by atoms with E-state index in [0.717, 1.165) is 4.47 Å². The van der Waals surface area contributed by atoms with Crippen LogP contribution in [0.1, 0.15) is 37.9 Å². The molecule has 0 spiro atoms. The molecule has 0 N–H and O–H groups in total. The van der Waals surface area contributed by atoms with Gasteiger partial charge in [-0.1, -0.05) is 27.3 Å². The lowest BCUT2D eigenvalue weighted by Gasteiger charge is -2.26. The van der Waals surface area contributed by atoms with Gasteiger partial charge in [0.2, 0.25) is 0 Å². The zero-order valence-corrected chi connectivity index (χ0v) is 25.6. The summed E-state index contributed by atoms with van der Waals surface area (Å²) in [5, 5.41) is 0. The molecule has 200 valence electrons. The van der Waals surface area contributed by atoms with Gasteiger partial charge in [0.15, 0.2) is 4.80 Å². The van der Waals surface area contributed by atoms with Crippen LogP contribution in [-0.2, 0) is 9.53 Å². The van der Waals surface area contributed by atoms with Crippen LogP contribution in [0.5, 0.6) is 17.2 Å². The number of aromatic nitrogens is 1. The summed E-state index contributed by atoms with van der Waals surface area (Å²) in [7, 11) is 4.67. The first-order chi connectivity index (χ1) is 18.1. The van der Waals surface area contributed by atoms with Crippen molar-refractivity contribution in [2.24, 2.45) is 4.99 Å². The van der Waals surface area contributed by atoms with Crippen molar-refractivity contribution < 1.29 is 23.7 Å². The first-order valence-corrected chi connectivity index (χ1v) is 14.0. The van der Waals surface area contributed by atoms with E-state index in [0.29, 0.717) is 47.9 Å². The number of fused-ring (bicyclic) bond motifs is 1. The van der Waals surface area contributed by atoms with Crippen LogP contribution < -0.4 is 29.1 Å². The van der Waals surface area contributed by atoms with Gasteiger partial charge in [0.05, 0.1) is 47.7 Å². The zero-order chi connectivity index (χ0) is 27.7. The quantitative estimate of drug-likeness (QED) is 0.339. The Labute approximate surface area is 240 Å². The maximum Gasteiger partial charge on any atom is 0.338 e. The molecule has 38 heavy (non-hydrogen) atoms. The number of hydrogen-bond donors (Lipinski definition) is 0. The molecule has 1 atom stereocenters. The molecule has 1 aromatic heterocycles. The molecular weight excluding hydrogens is 640 g/mol. The van der Waals surface area contributed by atoms with Crippen molar-refractivity contribution in [3.63, 3.8) is 0 Å². The van der Waals surface area contributed by atoms with E-state index in [1.54, 1.807) is 60.3 Å². The second-order valence-electron chi connectivity index (χ2n) is 8.65. The zero-order valence-electron chi connectivity index (χ0n) is 21.6. The fraction of sp³-hybridized carbons (Fsp3) is 0.296. The van der Waals surface area contributed by atoms with Gasteiger partial charge in [-0.25, -0.2) is 9.79 Å². The lowest BCUT2D eigenvalue weighted by molar-refractivity contribution is -0.143. The molecule has 2 heterocycles. The first kappa shape index (κ1) is 28.1. The Hall–Kier alpha value is -2.89. The van der Waals surface area contributed by atoms with Gasteiger partial charge < -0.3 is 18.9 Å². The number of rotatable bonds is 7. The second-order valence-corrected chi connectivity index (χ2v) is 11.4. The summed E-state index contributed by atoms with van der Waals surface area (Å²) in [5.41, 5.74) is 1.75. The van der Waals surface area contributed by atoms with Gasteiger partial charge >= 0.3 is 5.97 Å². The van der Waals surface area contributed by atoms with Crippen LogP contribution in [0.15, 0.2) is 60.3 Å². The third kappa shape index (κ3) is 5.32. The molecule has 0 aliphatic carbocycles. The van der Waals surface area contributed by atoms with Gasteiger partial charge in [-0.15, -0.1) is 0 Å². The minimum atomic E-state index is -0.809. The number of methoxy groups -OCH3 is 3. The number of esters is 1. The standard InChI is InChI=1S/C27H26Br2N2O6S/c1-13(2)37-26(33)23-14(3)30-27-31(24(23)17-11-16(28)7-8-19(17)34-4)25(32)22(38-27)10-15-9-18(29)21(36-6)12-20(15)35-5/h7-13,24H,1-6H3/b22-10-/t24-/m0/s1. The Morgan fingerprint density at radius 3 is 2.37 bits per heavy atom. The highest BCUT2D eigenvalue weighted by Gasteiger charge is 2.35. The highest BCUT2D eigenvalue weighted by molar-refractivity contribution is 9.10. The molecule has 0 bridgehead atoms. The van der Waals surface area contributed by atoms with Gasteiger partial charge in [-0.2, -0.15) is 0 Å². The van der Waals surface area contributed by atoms with Gasteiger partial charge in [-0.3, -0.25) is 9.36 Å². The van der Waals surface area contributed by atoms with E-state index < -0.39 is 12.0 Å². The second kappa shape index (κ2) is 11.5. The summed E-state index contributed by atoms with van der Waals surface area (Å²) < 4.78 is 25.6. The van der Waals surface area contributed by atoms with E-state index in [-0.39, 0.29) is 17.2 Å². The Kier molecular flexibility index (Phi) is 8.49. The van der Waals surface area contributed by atoms with Crippen LogP contribution in [0.4, 0.5) is 0 Å². The maximum absolute atomic E-state index is 14.0. The molecule has 0 amide bonds. The number of carbonyl (C=O) groups is 1. The summed E-state index contributed by atoms with van der Waals surface area (Å²) in [5.74, 6) is 1.13. The van der Waals surface area contributed by atoms with E-state index in [1.807, 2.05) is 18.2 Å². The van der Waals surface area contributed by atoms with Crippen molar-refractivity contribution in [2.45, 2.75) is 32.9 Å². The molecule has 1 aliphatic rings. The Bertz CT molecular complexity index is 1620. The molecular formula is C27H26Br2N2O6S. The lowest BCUT2D eigenvalue weighted by atomic mass is 9.95. The summed E-state index contributed by atoms with van der Waals surface area (Å²) in [6.07, 6.45) is 1.39. The fourth-order valence-corrected chi connectivity index (χ4v) is 6.15. The minimum absolute atomic E-state index is 0.277. The molecule has 11 heteroatoms. The van der Waals surface area contributed by atoms with E-state index in [9.17, 15) is 9.59 Å². The van der Waals surface area contributed by atoms with Crippen LogP contribution in [0.2, 0.25) is 0 Å². The maximum atomic E-state index is 14.0. The van der Waals surface area contributed by atoms with Gasteiger partial charge in [0, 0.05) is 21.7 Å². The van der Waals surface area contributed by atoms with Crippen molar-refractivity contribution in [3.8, 4) is 17.2 Å². The highest BCUT2D eigenvalue weighted by Crippen LogP contribution is 2.38. The number of carbonyl (C=O) groups excluding carboxylic acids is 1. The summed E-state index contributed by atoms with van der Waals surface area (Å²) in [4.78, 5) is 32.4. The molecule has 3 aromatic rings. The van der Waals surface area contributed by atoms with Crippen molar-refractivity contribution in [2.75, 3.05) is 21.3 Å². The van der Waals surface area contributed by atoms with Gasteiger partial charge in [0.25, 0.3) is 5.56 Å². The van der Waals surface area contributed by atoms with Crippen LogP contribution >= 0.6 is 43.2 Å². The normalized spacial score (nSPS) is 15.3. The Morgan fingerprint density at radius 1 is 1.05 bits per heavy atom. The lowest BCUT2D eigenvalue weighted by Crippen LogP contribution is -2.40. The van der Waals surface area contributed by atoms with E-state index in [2.05, 4.69) is 36.9 Å². The molecule has 8 nitrogen and oxygen atoms in total. The number of hydrogen-bond acceptors (Lipinski definition) is 8. The SMILES string of the molecule is COc1cc(OC)c(/C=c2\sc3n(c2=O)[C@@H](c2cc(Br)ccc2OC)C(C(=O)OC(C)C)=C(C)N=3)cc1Br. The average Bonchev–Trinajstić information content (AvgIpc) is 3.17. The third-order valence-electron chi connectivity index (χ3n) is 5.86. The molecule has 1 aliphatic heterocycles. The Morgan fingerprint density at radius 2 is 1.74 bits per heavy atom. The largest absolute Gasteiger partial charge is 0.496 e. The smallest absolute Gasteiger partial charge is 0.338 e. The van der Waals surface area contributed by atoms with Crippen molar-refractivity contribution in [3.05, 3.63) is 81.4 Å². The van der Waals surface area contributed by atoms with Crippen molar-refractivity contribution in [1.82, 2.24) is 4.57 Å². The number of halogens is 2. The van der Waals surface area contributed by atoms with E-state index in [1.165, 1.54) is 15.9 Å². The molecule has 2 aromatic carbocycles. The molecule has 4 rings (SSSR count). The highest BCUT2D eigenvalue weighted by atomic mass is 79.9. The fourth-order valence-electron chi connectivity index (χ4n) is 4.21. The van der Waals surface area contributed by atoms with Gasteiger partial charge in [0.1, 0.15) is 23.3 Å². The number of thiazole rings is 1. The van der Waals surface area contributed by atoms with Crippen LogP contribution in [-0.4, -0.2) is 38.0 Å². The van der Waals surface area contributed by atoms with E-state index >= 15 is 0 Å². The first-order valence-electron chi connectivity index (χ1n) is 11.6. The summed E-state index contributed by atoms with van der Waals surface area (Å²) in [6, 6.07) is 8.22. The number of ether oxygens (including phenoxy) is 4. The minimum Gasteiger partial charge on any atom is -0.496 e. The molecule has 0 fully saturated rings. The molecule has 0 saturated carbocycles. The van der Waals surface area contributed by atoms with Crippen LogP contribution in [0.3, 0.4) is 0 Å². The molecule has 0 unspecified atom stereocenters. The predicted octanol–water partition coefficient (Wildman–Crippen LogP) is 4.74. The van der Waals surface area contributed by atoms with E-state index in [4.69, 9.17) is 18.9 Å². The molecule has 0 radical (unpaired) electrons. The number of benzene rings is 2. The number of allylic oxidation sites excluding steroid dienone is 1. The number of nitrogens with zero attached hydrogens (tertiary/aromatic N) is 2. The Balaban J connectivity index is 2.01. The monoisotopic (exact) mass is 664 g/mol.